The van der Waals surface area contributed by atoms with Gasteiger partial charge in [-0.05, 0) is 27.7 Å². The molecule has 5 heteroatoms. The van der Waals surface area contributed by atoms with Gasteiger partial charge in [0.2, 0.25) is 0 Å². The van der Waals surface area contributed by atoms with Crippen molar-refractivity contribution in [1.29, 1.82) is 0 Å². The van der Waals surface area contributed by atoms with Crippen LogP contribution >= 0.6 is 7.95 Å². The Morgan fingerprint density at radius 1 is 1.46 bits per heavy atom. The molecule has 4 nitrogen and oxygen atoms in total. The molecule has 1 N–H and O–H groups in total. The molecule has 0 saturated carbocycles. The van der Waals surface area contributed by atoms with E-state index < -0.39 is 14.0 Å². The van der Waals surface area contributed by atoms with Crippen molar-refractivity contribution in [3.05, 3.63) is 0 Å². The van der Waals surface area contributed by atoms with Gasteiger partial charge in [-0.1, -0.05) is 9.65 Å². The molecule has 0 amide bonds. The van der Waals surface area contributed by atoms with Crippen molar-refractivity contribution in [3.8, 4) is 0 Å². The molecule has 0 aromatic carbocycles. The number of carbonyl (C=O) groups is 1. The predicted octanol–water partition coefficient (Wildman–Crippen LogP) is 1.68. The van der Waals surface area contributed by atoms with Gasteiger partial charge in [-0.15, -0.1) is 0 Å². The van der Waals surface area contributed by atoms with Crippen LogP contribution < -0.4 is 5.09 Å². The Morgan fingerprint density at radius 2 is 2.00 bits per heavy atom. The lowest BCUT2D eigenvalue weighted by atomic mass is 10.4. The van der Waals surface area contributed by atoms with Crippen LogP contribution in [0.2, 0.25) is 0 Å². The van der Waals surface area contributed by atoms with Gasteiger partial charge in [0.05, 0.1) is 6.10 Å². The van der Waals surface area contributed by atoms with Gasteiger partial charge in [0.15, 0.2) is 6.16 Å². The number of carbonyl (C=O) groups excluding carboxylic acids is 1. The summed E-state index contributed by atoms with van der Waals surface area (Å²) in [6, 6.07) is -0.494. The molecular formula is C8H17NO3P+. The largest absolute Gasteiger partial charge is 0.462 e. The van der Waals surface area contributed by atoms with E-state index in [1.807, 2.05) is 0 Å². The van der Waals surface area contributed by atoms with Crippen molar-refractivity contribution >= 4 is 13.9 Å². The van der Waals surface area contributed by atoms with Gasteiger partial charge in [-0.2, -0.15) is 0 Å². The standard InChI is InChI=1S/C8H17NO3P/c1-5-13(11)9-7(4)8(10)12-6(2)3/h6-7H,5H2,1-4H3,(H,9,11)/q+1/t7-/m0/s1. The highest BCUT2D eigenvalue weighted by Crippen LogP contribution is 2.14. The van der Waals surface area contributed by atoms with Crippen molar-refractivity contribution in [3.63, 3.8) is 0 Å². The maximum absolute atomic E-state index is 11.2. The summed E-state index contributed by atoms with van der Waals surface area (Å²) >= 11 is 0. The third-order valence-electron chi connectivity index (χ3n) is 1.33. The third kappa shape index (κ3) is 5.72. The lowest BCUT2D eigenvalue weighted by molar-refractivity contribution is -0.148. The molecule has 0 aromatic heterocycles. The summed E-state index contributed by atoms with van der Waals surface area (Å²) in [6.45, 7) is 7.01. The highest BCUT2D eigenvalue weighted by molar-refractivity contribution is 7.42. The molecule has 13 heavy (non-hydrogen) atoms. The van der Waals surface area contributed by atoms with Crippen LogP contribution in [-0.4, -0.2) is 24.3 Å². The van der Waals surface area contributed by atoms with Gasteiger partial charge < -0.3 is 4.74 Å². The first-order chi connectivity index (χ1) is 5.97. The molecule has 0 fully saturated rings. The Kier molecular flexibility index (Phi) is 5.84. The van der Waals surface area contributed by atoms with E-state index in [-0.39, 0.29) is 12.1 Å². The van der Waals surface area contributed by atoms with Crippen molar-refractivity contribution in [2.45, 2.75) is 39.8 Å². The van der Waals surface area contributed by atoms with Gasteiger partial charge in [0.25, 0.3) is 0 Å². The molecule has 0 aliphatic rings. The maximum atomic E-state index is 11.2. The molecular weight excluding hydrogens is 189 g/mol. The lowest BCUT2D eigenvalue weighted by Crippen LogP contribution is -2.32. The molecule has 0 rings (SSSR count). The van der Waals surface area contributed by atoms with Crippen LogP contribution in [0.4, 0.5) is 0 Å². The van der Waals surface area contributed by atoms with Crippen LogP contribution in [0.1, 0.15) is 27.7 Å². The summed E-state index contributed by atoms with van der Waals surface area (Å²) in [5.41, 5.74) is 0. The minimum Gasteiger partial charge on any atom is -0.462 e. The first kappa shape index (κ1) is 12.5. The van der Waals surface area contributed by atoms with E-state index in [1.165, 1.54) is 0 Å². The van der Waals surface area contributed by atoms with E-state index in [2.05, 4.69) is 5.09 Å². The Labute approximate surface area is 79.9 Å². The highest BCUT2D eigenvalue weighted by atomic mass is 31.1. The summed E-state index contributed by atoms with van der Waals surface area (Å²) < 4.78 is 16.0. The van der Waals surface area contributed by atoms with E-state index >= 15 is 0 Å². The van der Waals surface area contributed by atoms with E-state index in [1.54, 1.807) is 27.7 Å². The summed E-state index contributed by atoms with van der Waals surface area (Å²) in [5.74, 6) is -0.355. The van der Waals surface area contributed by atoms with Crippen LogP contribution in [0, 0.1) is 0 Å². The zero-order valence-corrected chi connectivity index (χ0v) is 9.43. The highest BCUT2D eigenvalue weighted by Gasteiger charge is 2.23. The third-order valence-corrected chi connectivity index (χ3v) is 2.58. The smallest absolute Gasteiger partial charge is 0.432 e. The second-order valence-corrected chi connectivity index (χ2v) is 4.68. The number of nitrogens with one attached hydrogen (secondary N) is 1. The number of hydrogen-bond acceptors (Lipinski definition) is 3. The zero-order valence-electron chi connectivity index (χ0n) is 8.53. The minimum absolute atomic E-state index is 0.128. The predicted molar refractivity (Wildman–Crippen MR) is 52.0 cm³/mol. The minimum atomic E-state index is -1.48. The normalized spacial score (nSPS) is 14.1. The van der Waals surface area contributed by atoms with E-state index in [0.29, 0.717) is 6.16 Å². The SMILES string of the molecule is CC[P+](=O)N[C@@H](C)C(=O)OC(C)C. The molecule has 76 valence electrons. The average molecular weight is 206 g/mol. The molecule has 1 unspecified atom stereocenters. The second kappa shape index (κ2) is 6.06. The van der Waals surface area contributed by atoms with Gasteiger partial charge >= 0.3 is 13.9 Å². The molecule has 0 aromatic rings. The van der Waals surface area contributed by atoms with E-state index in [4.69, 9.17) is 4.74 Å². The average Bonchev–Trinajstić information content (AvgIpc) is 2.02. The quantitative estimate of drug-likeness (QED) is 0.549. The van der Waals surface area contributed by atoms with Crippen LogP contribution in [-0.2, 0) is 14.1 Å². The molecule has 0 aliphatic carbocycles. The molecule has 0 radical (unpaired) electrons. The van der Waals surface area contributed by atoms with Crippen LogP contribution in [0.25, 0.3) is 0 Å². The summed E-state index contributed by atoms with van der Waals surface area (Å²) in [6.07, 6.45) is 0.394. The van der Waals surface area contributed by atoms with Gasteiger partial charge in [-0.25, -0.2) is 0 Å². The fourth-order valence-corrected chi connectivity index (χ4v) is 1.41. The van der Waals surface area contributed by atoms with Gasteiger partial charge in [-0.3, -0.25) is 4.79 Å². The number of rotatable bonds is 5. The van der Waals surface area contributed by atoms with Crippen molar-refractivity contribution in [2.24, 2.45) is 0 Å². The van der Waals surface area contributed by atoms with Crippen molar-refractivity contribution < 1.29 is 14.1 Å². The zero-order chi connectivity index (χ0) is 10.4. The first-order valence-electron chi connectivity index (χ1n) is 4.38. The Hall–Kier alpha value is -0.470. The molecule has 0 bridgehead atoms. The molecule has 0 spiro atoms. The van der Waals surface area contributed by atoms with E-state index in [0.717, 1.165) is 0 Å². The number of esters is 1. The Morgan fingerprint density at radius 3 is 2.38 bits per heavy atom. The molecule has 0 saturated heterocycles. The summed E-state index contributed by atoms with van der Waals surface area (Å²) in [7, 11) is -1.48. The lowest BCUT2D eigenvalue weighted by Gasteiger charge is -2.10. The monoisotopic (exact) mass is 206 g/mol. The molecule has 0 heterocycles. The van der Waals surface area contributed by atoms with Gasteiger partial charge in [0, 0.05) is 0 Å². The van der Waals surface area contributed by atoms with Crippen LogP contribution in [0.5, 0.6) is 0 Å². The Bertz CT molecular complexity index is 194. The summed E-state index contributed by atoms with van der Waals surface area (Å²) in [4.78, 5) is 11.2. The first-order valence-corrected chi connectivity index (χ1v) is 5.83. The van der Waals surface area contributed by atoms with Gasteiger partial charge in [0.1, 0.15) is 6.04 Å². The van der Waals surface area contributed by atoms with Crippen molar-refractivity contribution in [2.75, 3.05) is 6.16 Å². The van der Waals surface area contributed by atoms with Crippen LogP contribution in [0.3, 0.4) is 0 Å². The number of ether oxygens (including phenoxy) is 1. The maximum Gasteiger partial charge on any atom is 0.432 e. The number of hydrogen-bond donors (Lipinski definition) is 1. The Balaban J connectivity index is 3.89. The molecule has 0 aliphatic heterocycles. The van der Waals surface area contributed by atoms with Crippen LogP contribution in [0.15, 0.2) is 0 Å². The fourth-order valence-electron chi connectivity index (χ4n) is 0.694. The second-order valence-electron chi connectivity index (χ2n) is 3.03. The topological polar surface area (TPSA) is 55.4 Å². The van der Waals surface area contributed by atoms with Crippen molar-refractivity contribution in [1.82, 2.24) is 5.09 Å². The van der Waals surface area contributed by atoms with E-state index in [9.17, 15) is 9.36 Å². The summed E-state index contributed by atoms with van der Waals surface area (Å²) in [5, 5.41) is 2.67. The molecule has 2 atom stereocenters. The fraction of sp³-hybridized carbons (Fsp3) is 0.875.